The second-order valence-corrected chi connectivity index (χ2v) is 6.58. The van der Waals surface area contributed by atoms with Gasteiger partial charge in [0.15, 0.2) is 0 Å². The maximum atomic E-state index is 12.4. The Balaban J connectivity index is 1.49. The van der Waals surface area contributed by atoms with Crippen molar-refractivity contribution >= 4 is 5.97 Å². The van der Waals surface area contributed by atoms with Gasteiger partial charge in [0.05, 0.1) is 12.1 Å². The highest BCUT2D eigenvalue weighted by Gasteiger charge is 2.46. The van der Waals surface area contributed by atoms with Gasteiger partial charge in [-0.25, -0.2) is 4.98 Å². The number of aromatic nitrogens is 4. The summed E-state index contributed by atoms with van der Waals surface area (Å²) in [5.74, 6) is 0.677. The fraction of sp³-hybridized carbons (Fsp3) is 0.263. The molecule has 1 fully saturated rings. The van der Waals surface area contributed by atoms with Crippen LogP contribution in [0.1, 0.15) is 23.6 Å². The Hall–Kier alpha value is -3.22. The van der Waals surface area contributed by atoms with Crippen molar-refractivity contribution in [3.05, 3.63) is 64.3 Å². The number of carbonyl (C=O) groups is 1. The number of aromatic amines is 1. The molecule has 0 unspecified atom stereocenters. The van der Waals surface area contributed by atoms with E-state index >= 15 is 0 Å². The van der Waals surface area contributed by atoms with E-state index in [1.807, 2.05) is 19.3 Å². The van der Waals surface area contributed by atoms with E-state index in [2.05, 4.69) is 15.1 Å². The highest BCUT2D eigenvalue weighted by atomic mass is 16.5. The number of nitrogens with one attached hydrogen (secondary N) is 1. The summed E-state index contributed by atoms with van der Waals surface area (Å²) in [6.07, 6.45) is 4.49. The van der Waals surface area contributed by atoms with Crippen LogP contribution in [0, 0.1) is 12.8 Å². The highest BCUT2D eigenvalue weighted by Crippen LogP contribution is 2.48. The van der Waals surface area contributed by atoms with E-state index in [9.17, 15) is 9.59 Å². The maximum Gasteiger partial charge on any atom is 0.314 e. The number of hydrogen-bond donors (Lipinski definition) is 1. The van der Waals surface area contributed by atoms with Gasteiger partial charge in [-0.2, -0.15) is 5.10 Å². The predicted octanol–water partition coefficient (Wildman–Crippen LogP) is 2.19. The van der Waals surface area contributed by atoms with Gasteiger partial charge in [0.2, 0.25) is 0 Å². The number of ether oxygens (including phenoxy) is 1. The smallest absolute Gasteiger partial charge is 0.314 e. The third-order valence-corrected chi connectivity index (χ3v) is 4.44. The van der Waals surface area contributed by atoms with E-state index in [0.29, 0.717) is 22.8 Å². The van der Waals surface area contributed by atoms with Crippen molar-refractivity contribution in [1.29, 1.82) is 0 Å². The van der Waals surface area contributed by atoms with Gasteiger partial charge in [-0.05, 0) is 31.0 Å². The molecule has 4 rings (SSSR count). The van der Waals surface area contributed by atoms with Crippen molar-refractivity contribution < 1.29 is 9.53 Å². The van der Waals surface area contributed by atoms with Crippen molar-refractivity contribution in [2.24, 2.45) is 13.0 Å². The first-order valence-electron chi connectivity index (χ1n) is 8.38. The van der Waals surface area contributed by atoms with Crippen LogP contribution in [-0.2, 0) is 11.8 Å². The van der Waals surface area contributed by atoms with Crippen molar-refractivity contribution in [3.63, 3.8) is 0 Å². The second kappa shape index (κ2) is 6.25. The molecule has 1 N–H and O–H groups in total. The number of rotatable bonds is 4. The molecule has 0 saturated heterocycles. The lowest BCUT2D eigenvalue weighted by atomic mass is 10.2. The average Bonchev–Trinajstić information content (AvgIpc) is 3.29. The van der Waals surface area contributed by atoms with E-state index in [4.69, 9.17) is 4.74 Å². The molecule has 2 heterocycles. The summed E-state index contributed by atoms with van der Waals surface area (Å²) >= 11 is 0. The predicted molar refractivity (Wildman–Crippen MR) is 94.7 cm³/mol. The Kier molecular flexibility index (Phi) is 3.91. The van der Waals surface area contributed by atoms with Crippen LogP contribution in [0.2, 0.25) is 0 Å². The molecule has 1 aromatic carbocycles. The molecule has 1 aliphatic rings. The quantitative estimate of drug-likeness (QED) is 0.575. The van der Waals surface area contributed by atoms with Gasteiger partial charge in [0, 0.05) is 36.5 Å². The number of H-pyrrole nitrogens is 1. The molecule has 0 radical (unpaired) electrons. The molecule has 1 aliphatic carbocycles. The lowest BCUT2D eigenvalue weighted by molar-refractivity contribution is -0.135. The van der Waals surface area contributed by atoms with E-state index in [1.165, 1.54) is 6.07 Å². The third-order valence-electron chi connectivity index (χ3n) is 4.44. The van der Waals surface area contributed by atoms with E-state index in [-0.39, 0.29) is 23.4 Å². The number of benzene rings is 1. The van der Waals surface area contributed by atoms with Gasteiger partial charge >= 0.3 is 5.97 Å². The standard InChI is InChI=1S/C19H18N4O3/c1-11-6-17(24)22-18(21-11)12-4-3-5-14(7-12)26-19(25)16-8-15(16)13-9-20-23(2)10-13/h3-7,9-10,15-16H,8H2,1-2H3,(H,21,22,24)/t15-,16-/m1/s1. The van der Waals surface area contributed by atoms with Crippen LogP contribution >= 0.6 is 0 Å². The zero-order valence-corrected chi connectivity index (χ0v) is 14.5. The molecular weight excluding hydrogens is 332 g/mol. The van der Waals surface area contributed by atoms with Crippen LogP contribution in [0.15, 0.2) is 47.5 Å². The summed E-state index contributed by atoms with van der Waals surface area (Å²) in [5, 5.41) is 4.14. The zero-order valence-electron chi connectivity index (χ0n) is 14.5. The van der Waals surface area contributed by atoms with Crippen LogP contribution in [-0.4, -0.2) is 25.7 Å². The molecule has 26 heavy (non-hydrogen) atoms. The summed E-state index contributed by atoms with van der Waals surface area (Å²) in [7, 11) is 1.86. The van der Waals surface area contributed by atoms with Crippen LogP contribution in [0.25, 0.3) is 11.4 Å². The lowest BCUT2D eigenvalue weighted by Crippen LogP contribution is -2.11. The summed E-state index contributed by atoms with van der Waals surface area (Å²) in [6.45, 7) is 1.76. The van der Waals surface area contributed by atoms with Gasteiger partial charge in [0.25, 0.3) is 5.56 Å². The molecule has 0 spiro atoms. The molecule has 0 aliphatic heterocycles. The molecule has 2 atom stereocenters. The summed E-state index contributed by atoms with van der Waals surface area (Å²) in [6, 6.07) is 8.43. The Labute approximate surface area is 149 Å². The third kappa shape index (κ3) is 3.28. The fourth-order valence-corrected chi connectivity index (χ4v) is 3.07. The van der Waals surface area contributed by atoms with E-state index in [1.54, 1.807) is 36.0 Å². The van der Waals surface area contributed by atoms with Crippen LogP contribution in [0.3, 0.4) is 0 Å². The summed E-state index contributed by atoms with van der Waals surface area (Å²) in [5.41, 5.74) is 2.16. The number of hydrogen-bond acceptors (Lipinski definition) is 5. The molecule has 0 bridgehead atoms. The Morgan fingerprint density at radius 2 is 2.19 bits per heavy atom. The van der Waals surface area contributed by atoms with Crippen LogP contribution in [0.5, 0.6) is 5.75 Å². The Morgan fingerprint density at radius 1 is 1.35 bits per heavy atom. The second-order valence-electron chi connectivity index (χ2n) is 6.58. The van der Waals surface area contributed by atoms with E-state index < -0.39 is 0 Å². The Morgan fingerprint density at radius 3 is 2.92 bits per heavy atom. The van der Waals surface area contributed by atoms with Crippen molar-refractivity contribution in [2.75, 3.05) is 0 Å². The normalized spacial score (nSPS) is 18.5. The first-order valence-corrected chi connectivity index (χ1v) is 8.38. The lowest BCUT2D eigenvalue weighted by Gasteiger charge is -2.06. The van der Waals surface area contributed by atoms with Crippen LogP contribution in [0.4, 0.5) is 0 Å². The first-order chi connectivity index (χ1) is 12.5. The Bertz CT molecular complexity index is 1040. The molecule has 132 valence electrons. The number of esters is 1. The number of carbonyl (C=O) groups excluding carboxylic acids is 1. The summed E-state index contributed by atoms with van der Waals surface area (Å²) < 4.78 is 7.26. The average molecular weight is 350 g/mol. The van der Waals surface area contributed by atoms with Gasteiger partial charge in [-0.1, -0.05) is 12.1 Å². The van der Waals surface area contributed by atoms with Crippen molar-refractivity contribution in [3.8, 4) is 17.1 Å². The summed E-state index contributed by atoms with van der Waals surface area (Å²) in [4.78, 5) is 31.0. The van der Waals surface area contributed by atoms with Crippen molar-refractivity contribution in [2.45, 2.75) is 19.3 Å². The topological polar surface area (TPSA) is 89.9 Å². The highest BCUT2D eigenvalue weighted by molar-refractivity contribution is 5.80. The zero-order chi connectivity index (χ0) is 18.3. The van der Waals surface area contributed by atoms with Crippen molar-refractivity contribution in [1.82, 2.24) is 19.7 Å². The number of aryl methyl sites for hydroxylation is 2. The largest absolute Gasteiger partial charge is 0.426 e. The molecule has 1 saturated carbocycles. The molecule has 7 heteroatoms. The minimum Gasteiger partial charge on any atom is -0.426 e. The first kappa shape index (κ1) is 16.3. The molecule has 7 nitrogen and oxygen atoms in total. The molecule has 3 aromatic rings. The van der Waals surface area contributed by atoms with Gasteiger partial charge in [-0.15, -0.1) is 0 Å². The SMILES string of the molecule is Cc1cc(=O)[nH]c(-c2cccc(OC(=O)[C@@H]3C[C@@H]3c3cnn(C)c3)c2)n1. The molecule has 2 aromatic heterocycles. The molecule has 0 amide bonds. The minimum absolute atomic E-state index is 0.139. The monoisotopic (exact) mass is 350 g/mol. The van der Waals surface area contributed by atoms with E-state index in [0.717, 1.165) is 12.0 Å². The molecular formula is C19H18N4O3. The maximum absolute atomic E-state index is 12.4. The minimum atomic E-state index is -0.248. The van der Waals surface area contributed by atoms with Crippen LogP contribution < -0.4 is 10.3 Å². The van der Waals surface area contributed by atoms with Gasteiger partial charge in [-0.3, -0.25) is 14.3 Å². The number of nitrogens with zero attached hydrogens (tertiary/aromatic N) is 3. The van der Waals surface area contributed by atoms with Gasteiger partial charge < -0.3 is 9.72 Å². The fourth-order valence-electron chi connectivity index (χ4n) is 3.07. The van der Waals surface area contributed by atoms with Gasteiger partial charge in [0.1, 0.15) is 11.6 Å².